The van der Waals surface area contributed by atoms with Crippen LogP contribution in [-0.2, 0) is 0 Å². The molecule has 7 heteroatoms. The van der Waals surface area contributed by atoms with E-state index in [1.807, 2.05) is 18.5 Å². The summed E-state index contributed by atoms with van der Waals surface area (Å²) in [7, 11) is 0. The summed E-state index contributed by atoms with van der Waals surface area (Å²) in [5.41, 5.74) is 7.15. The van der Waals surface area contributed by atoms with E-state index in [4.69, 9.17) is 10.4 Å². The van der Waals surface area contributed by atoms with Crippen LogP contribution in [0.5, 0.6) is 0 Å². The summed E-state index contributed by atoms with van der Waals surface area (Å²) in [6.45, 7) is 12.8. The molecule has 0 spiro atoms. The van der Waals surface area contributed by atoms with Crippen molar-refractivity contribution in [2.45, 2.75) is 72.6 Å². The smallest absolute Gasteiger partial charge is 0.128 e. The number of nitrogens with zero attached hydrogens (tertiary/aromatic N) is 4. The van der Waals surface area contributed by atoms with Gasteiger partial charge in [-0.2, -0.15) is 5.26 Å². The molecule has 0 aromatic carbocycles. The highest BCUT2D eigenvalue weighted by molar-refractivity contribution is 5.93. The number of pyridine rings is 1. The Morgan fingerprint density at radius 3 is 2.65 bits per heavy atom. The second-order valence-corrected chi connectivity index (χ2v) is 11.9. The minimum atomic E-state index is -0.0488. The minimum Gasteiger partial charge on any atom is -0.359 e. The summed E-state index contributed by atoms with van der Waals surface area (Å²) in [5.74, 6) is 1.57. The summed E-state index contributed by atoms with van der Waals surface area (Å²) in [4.78, 5) is 9.45. The van der Waals surface area contributed by atoms with Crippen LogP contribution >= 0.6 is 0 Å². The molecule has 2 N–H and O–H groups in total. The Balaban J connectivity index is 1.51. The molecule has 2 aliphatic heterocycles. The molecule has 4 rings (SSSR count). The first-order valence-electron chi connectivity index (χ1n) is 15.9. The third-order valence-electron chi connectivity index (χ3n) is 8.90. The normalized spacial score (nSPS) is 20.0. The van der Waals surface area contributed by atoms with Crippen LogP contribution in [0.4, 0.5) is 10.2 Å². The van der Waals surface area contributed by atoms with Gasteiger partial charge in [0, 0.05) is 68.0 Å². The minimum absolute atomic E-state index is 0.0488. The Labute approximate surface area is 257 Å². The van der Waals surface area contributed by atoms with Gasteiger partial charge < -0.3 is 15.6 Å². The van der Waals surface area contributed by atoms with E-state index in [-0.39, 0.29) is 11.4 Å². The zero-order valence-electron chi connectivity index (χ0n) is 26.3. The molecule has 0 saturated carbocycles. The maximum Gasteiger partial charge on any atom is 0.128 e. The van der Waals surface area contributed by atoms with Gasteiger partial charge in [0.15, 0.2) is 0 Å². The van der Waals surface area contributed by atoms with Gasteiger partial charge in [-0.05, 0) is 80.4 Å². The summed E-state index contributed by atoms with van der Waals surface area (Å²) >= 11 is 0. The molecule has 3 aliphatic rings. The Kier molecular flexibility index (Phi) is 11.7. The molecular formula is C36H47FN6. The molecule has 1 fully saturated rings. The number of piperazine rings is 1. The van der Waals surface area contributed by atoms with Crippen molar-refractivity contribution >= 4 is 17.6 Å². The maximum absolute atomic E-state index is 14.4. The number of anilines is 1. The first kappa shape index (κ1) is 32.2. The van der Waals surface area contributed by atoms with Gasteiger partial charge in [0.25, 0.3) is 0 Å². The molecule has 1 aromatic rings. The quantitative estimate of drug-likeness (QED) is 0.193. The first-order valence-corrected chi connectivity index (χ1v) is 15.9. The van der Waals surface area contributed by atoms with Gasteiger partial charge in [-0.15, -0.1) is 0 Å². The van der Waals surface area contributed by atoms with Crippen LogP contribution in [-0.4, -0.2) is 48.8 Å². The van der Waals surface area contributed by atoms with Crippen molar-refractivity contribution in [1.29, 1.82) is 10.7 Å². The van der Waals surface area contributed by atoms with Crippen molar-refractivity contribution in [3.05, 3.63) is 87.7 Å². The molecule has 1 atom stereocenters. The molecule has 0 amide bonds. The molecule has 228 valence electrons. The maximum atomic E-state index is 14.4. The molecule has 3 heterocycles. The third kappa shape index (κ3) is 8.20. The van der Waals surface area contributed by atoms with Crippen LogP contribution in [0.15, 0.2) is 82.1 Å². The molecule has 43 heavy (non-hydrogen) atoms. The van der Waals surface area contributed by atoms with Crippen molar-refractivity contribution in [3.8, 4) is 6.07 Å². The monoisotopic (exact) mass is 582 g/mol. The third-order valence-corrected chi connectivity index (χ3v) is 8.90. The molecule has 0 radical (unpaired) electrons. The summed E-state index contributed by atoms with van der Waals surface area (Å²) < 4.78 is 14.4. The highest BCUT2D eigenvalue weighted by Crippen LogP contribution is 2.33. The average Bonchev–Trinajstić information content (AvgIpc) is 3.03. The van der Waals surface area contributed by atoms with Crippen LogP contribution in [0.2, 0.25) is 0 Å². The van der Waals surface area contributed by atoms with E-state index in [9.17, 15) is 9.65 Å². The van der Waals surface area contributed by atoms with E-state index in [1.54, 1.807) is 6.08 Å². The number of dihydropyridines is 1. The van der Waals surface area contributed by atoms with Crippen LogP contribution in [0.25, 0.3) is 5.57 Å². The van der Waals surface area contributed by atoms with Gasteiger partial charge in [0.2, 0.25) is 0 Å². The lowest BCUT2D eigenvalue weighted by atomic mass is 9.91. The summed E-state index contributed by atoms with van der Waals surface area (Å²) in [6, 6.07) is 6.28. The van der Waals surface area contributed by atoms with E-state index < -0.39 is 0 Å². The molecular weight excluding hydrogens is 535 g/mol. The fourth-order valence-electron chi connectivity index (χ4n) is 5.87. The Morgan fingerprint density at radius 1 is 1.23 bits per heavy atom. The van der Waals surface area contributed by atoms with E-state index in [1.165, 1.54) is 24.0 Å². The van der Waals surface area contributed by atoms with Gasteiger partial charge in [-0.1, -0.05) is 45.3 Å². The Morgan fingerprint density at radius 2 is 2.02 bits per heavy atom. The lowest BCUT2D eigenvalue weighted by Crippen LogP contribution is -2.47. The van der Waals surface area contributed by atoms with Gasteiger partial charge in [-0.25, -0.2) is 9.37 Å². The predicted molar refractivity (Wildman–Crippen MR) is 176 cm³/mol. The van der Waals surface area contributed by atoms with E-state index >= 15 is 0 Å². The number of halogens is 1. The number of nitrogens with one attached hydrogen (secondary N) is 2. The topological polar surface area (TPSA) is 79.0 Å². The SMILES string of the molecule is CCC/C(=C\CCC(C)CC)C1=CN/C(=C(/C#N)C=N)C(c2ccc(N3CCN(CC4=C(C)CCC=C4F)CC3)nc2)=C1. The Bertz CT molecular complexity index is 1380. The second-order valence-electron chi connectivity index (χ2n) is 11.9. The standard InChI is InChI=1S/C36H47FN6/c1-5-9-28(12-7-10-26(3)6-2)30-20-32(36(41-24-30)31(21-38)22-39)29-14-15-35(40-23-29)43-18-16-42(17-19-43)25-33-27(4)11-8-13-34(33)37/h12-15,20-21,23-24,26,38,41H,5-11,16-19,25H2,1-4H3/b28-12+,36-31+,38-21?. The van der Waals surface area contributed by atoms with E-state index in [0.717, 1.165) is 92.6 Å². The number of aromatic nitrogens is 1. The van der Waals surface area contributed by atoms with Gasteiger partial charge in [0.05, 0.1) is 11.3 Å². The first-order chi connectivity index (χ1) is 20.9. The fourth-order valence-corrected chi connectivity index (χ4v) is 5.87. The fraction of sp³-hybridized carbons (Fsp3) is 0.472. The van der Waals surface area contributed by atoms with Crippen molar-refractivity contribution in [2.75, 3.05) is 37.6 Å². The lowest BCUT2D eigenvalue weighted by Gasteiger charge is -2.36. The molecule has 1 saturated heterocycles. The van der Waals surface area contributed by atoms with Crippen LogP contribution in [0, 0.1) is 22.7 Å². The largest absolute Gasteiger partial charge is 0.359 e. The van der Waals surface area contributed by atoms with Crippen molar-refractivity contribution in [1.82, 2.24) is 15.2 Å². The summed E-state index contributed by atoms with van der Waals surface area (Å²) in [6.07, 6.45) is 18.4. The zero-order chi connectivity index (χ0) is 30.8. The molecule has 1 aromatic heterocycles. The average molecular weight is 583 g/mol. The van der Waals surface area contributed by atoms with E-state index in [2.05, 4.69) is 67.1 Å². The molecule has 6 nitrogen and oxygen atoms in total. The molecule has 1 aliphatic carbocycles. The highest BCUT2D eigenvalue weighted by Gasteiger charge is 2.23. The van der Waals surface area contributed by atoms with Crippen LogP contribution < -0.4 is 10.2 Å². The Hall–Kier alpha value is -3.76. The predicted octanol–water partition coefficient (Wildman–Crippen LogP) is 8.02. The molecule has 1 unspecified atom stereocenters. The van der Waals surface area contributed by atoms with Gasteiger partial charge >= 0.3 is 0 Å². The van der Waals surface area contributed by atoms with Crippen LogP contribution in [0.3, 0.4) is 0 Å². The summed E-state index contributed by atoms with van der Waals surface area (Å²) in [5, 5.41) is 20.9. The van der Waals surface area contributed by atoms with Gasteiger partial charge in [0.1, 0.15) is 17.7 Å². The van der Waals surface area contributed by atoms with Crippen molar-refractivity contribution < 1.29 is 4.39 Å². The zero-order valence-corrected chi connectivity index (χ0v) is 26.3. The van der Waals surface area contributed by atoms with E-state index in [0.29, 0.717) is 18.2 Å². The number of hydrogen-bond donors (Lipinski definition) is 2. The van der Waals surface area contributed by atoms with Crippen LogP contribution in [0.1, 0.15) is 78.2 Å². The van der Waals surface area contributed by atoms with Gasteiger partial charge in [-0.3, -0.25) is 4.90 Å². The molecule has 0 bridgehead atoms. The second kappa shape index (κ2) is 15.6. The number of hydrogen-bond acceptors (Lipinski definition) is 6. The van der Waals surface area contributed by atoms with Crippen molar-refractivity contribution in [3.63, 3.8) is 0 Å². The van der Waals surface area contributed by atoms with Crippen molar-refractivity contribution in [2.24, 2.45) is 5.92 Å². The number of nitriles is 1. The number of allylic oxidation sites excluding steroid dienone is 8. The number of rotatable bonds is 12. The lowest BCUT2D eigenvalue weighted by molar-refractivity contribution is 0.275. The highest BCUT2D eigenvalue weighted by atomic mass is 19.1.